The topological polar surface area (TPSA) is 51.2 Å². The number of amides is 1. The number of nitrogens with one attached hydrogen (secondary N) is 1. The van der Waals surface area contributed by atoms with Crippen LogP contribution in [0.25, 0.3) is 10.9 Å². The normalized spacial score (nSPS) is 14.2. The molecule has 0 aliphatic carbocycles. The van der Waals surface area contributed by atoms with E-state index in [-0.39, 0.29) is 5.91 Å². The van der Waals surface area contributed by atoms with Gasteiger partial charge in [0.25, 0.3) is 5.91 Å². The molecule has 164 valence electrons. The first-order chi connectivity index (χ1) is 15.0. The van der Waals surface area contributed by atoms with E-state index in [1.807, 2.05) is 49.4 Å². The average Bonchev–Trinajstić information content (AvgIpc) is 2.81. The van der Waals surface area contributed by atoms with Crippen LogP contribution in [0.15, 0.2) is 54.7 Å². The molecule has 2 unspecified atom stereocenters. The number of nitrogens with zero attached hydrogens (tertiary/aromatic N) is 1. The molecule has 6 heteroatoms. The fourth-order valence-electron chi connectivity index (χ4n) is 3.80. The highest BCUT2D eigenvalue weighted by molar-refractivity contribution is 6.33. The number of aryl methyl sites for hydroxylation is 2. The lowest BCUT2D eigenvalue weighted by atomic mass is 9.91. The molecular formula is C25H28Cl2N2O2. The van der Waals surface area contributed by atoms with E-state index in [0.29, 0.717) is 17.7 Å². The molecule has 0 fully saturated rings. The number of halogens is 2. The number of alkyl halides is 2. The maximum atomic E-state index is 13.5. The predicted octanol–water partition coefficient (Wildman–Crippen LogP) is 6.17. The van der Waals surface area contributed by atoms with E-state index in [4.69, 9.17) is 27.9 Å². The van der Waals surface area contributed by atoms with Crippen LogP contribution < -0.4 is 5.32 Å². The van der Waals surface area contributed by atoms with Crippen molar-refractivity contribution in [2.24, 2.45) is 0 Å². The van der Waals surface area contributed by atoms with Gasteiger partial charge in [-0.05, 0) is 42.5 Å². The largest absolute Gasteiger partial charge is 0.358 e. The van der Waals surface area contributed by atoms with Crippen LogP contribution in [0.5, 0.6) is 0 Å². The van der Waals surface area contributed by atoms with Gasteiger partial charge in [0.05, 0.1) is 11.1 Å². The van der Waals surface area contributed by atoms with Crippen LogP contribution in [-0.2, 0) is 22.6 Å². The van der Waals surface area contributed by atoms with Gasteiger partial charge >= 0.3 is 0 Å². The van der Waals surface area contributed by atoms with Gasteiger partial charge in [0, 0.05) is 23.8 Å². The number of fused-ring (bicyclic) bond motifs is 1. The first-order valence-electron chi connectivity index (χ1n) is 10.7. The molecule has 0 saturated heterocycles. The molecule has 1 amide bonds. The highest BCUT2D eigenvalue weighted by Gasteiger charge is 2.43. The predicted molar refractivity (Wildman–Crippen MR) is 128 cm³/mol. The second-order valence-corrected chi connectivity index (χ2v) is 8.38. The van der Waals surface area contributed by atoms with E-state index in [1.165, 1.54) is 0 Å². The molecule has 0 spiro atoms. The summed E-state index contributed by atoms with van der Waals surface area (Å²) >= 11 is 13.9. The van der Waals surface area contributed by atoms with Crippen LogP contribution >= 0.6 is 23.2 Å². The molecule has 31 heavy (non-hydrogen) atoms. The van der Waals surface area contributed by atoms with Crippen molar-refractivity contribution in [1.29, 1.82) is 0 Å². The number of hydrogen-bond donors (Lipinski definition) is 1. The van der Waals surface area contributed by atoms with E-state index >= 15 is 0 Å². The van der Waals surface area contributed by atoms with Crippen molar-refractivity contribution in [1.82, 2.24) is 10.3 Å². The second-order valence-electron chi connectivity index (χ2n) is 7.39. The monoisotopic (exact) mass is 458 g/mol. The Balaban J connectivity index is 2.11. The van der Waals surface area contributed by atoms with Crippen molar-refractivity contribution in [3.8, 4) is 0 Å². The maximum Gasteiger partial charge on any atom is 0.255 e. The van der Waals surface area contributed by atoms with Gasteiger partial charge in [0.1, 0.15) is 0 Å². The standard InChI is InChI=1S/C25H28Cl2N2O2/c1-4-16-31-24(26)25(27,21-17(5-2)10-7-11-18(21)6-3)29-23(30)20-14-8-12-19-13-9-15-28-22(19)20/h7-15,24H,4-6,16H2,1-3H3,(H,29,30). The Morgan fingerprint density at radius 2 is 1.71 bits per heavy atom. The Bertz CT molecular complexity index is 1030. The molecule has 1 N–H and O–H groups in total. The van der Waals surface area contributed by atoms with Gasteiger partial charge in [-0.1, -0.05) is 80.4 Å². The fraction of sp³-hybridized carbons (Fsp3) is 0.360. The lowest BCUT2D eigenvalue weighted by Crippen LogP contribution is -2.50. The molecule has 2 atom stereocenters. The van der Waals surface area contributed by atoms with E-state index < -0.39 is 10.6 Å². The van der Waals surface area contributed by atoms with Gasteiger partial charge < -0.3 is 10.1 Å². The number of pyridine rings is 1. The summed E-state index contributed by atoms with van der Waals surface area (Å²) in [7, 11) is 0. The molecule has 3 rings (SSSR count). The Hall–Kier alpha value is -2.14. The van der Waals surface area contributed by atoms with Crippen LogP contribution in [0.2, 0.25) is 0 Å². The molecule has 4 nitrogen and oxygen atoms in total. The highest BCUT2D eigenvalue weighted by atomic mass is 35.5. The Labute approximate surface area is 193 Å². The lowest BCUT2D eigenvalue weighted by Gasteiger charge is -2.36. The van der Waals surface area contributed by atoms with Gasteiger partial charge in [0.2, 0.25) is 0 Å². The molecule has 1 heterocycles. The minimum Gasteiger partial charge on any atom is -0.358 e. The summed E-state index contributed by atoms with van der Waals surface area (Å²) in [4.78, 5) is 16.4. The fourth-order valence-corrected chi connectivity index (χ4v) is 4.44. The van der Waals surface area contributed by atoms with E-state index in [0.717, 1.165) is 41.3 Å². The summed E-state index contributed by atoms with van der Waals surface area (Å²) in [6.07, 6.45) is 3.96. The zero-order valence-electron chi connectivity index (χ0n) is 18.1. The molecule has 3 aromatic rings. The SMILES string of the molecule is CCCOC(Cl)C(Cl)(NC(=O)c1cccc2cccnc12)c1c(CC)cccc1CC. The first-order valence-corrected chi connectivity index (χ1v) is 11.5. The summed E-state index contributed by atoms with van der Waals surface area (Å²) in [5.41, 5.74) is 2.95. The molecule has 0 aliphatic heterocycles. The zero-order chi connectivity index (χ0) is 22.4. The quantitative estimate of drug-likeness (QED) is 0.307. The molecule has 0 aliphatic rings. The van der Waals surface area contributed by atoms with Crippen LogP contribution in [0, 0.1) is 0 Å². The van der Waals surface area contributed by atoms with Crippen LogP contribution in [-0.4, -0.2) is 23.1 Å². The molecule has 1 aromatic heterocycles. The third kappa shape index (κ3) is 4.87. The van der Waals surface area contributed by atoms with Crippen molar-refractivity contribution in [3.05, 3.63) is 77.0 Å². The minimum atomic E-state index is -1.44. The summed E-state index contributed by atoms with van der Waals surface area (Å²) in [5, 5.41) is 3.88. The van der Waals surface area contributed by atoms with E-state index in [2.05, 4.69) is 24.1 Å². The molecular weight excluding hydrogens is 431 g/mol. The number of carbonyl (C=O) groups is 1. The summed E-state index contributed by atoms with van der Waals surface area (Å²) in [6, 6.07) is 15.3. The zero-order valence-corrected chi connectivity index (χ0v) is 19.6. The second kappa shape index (κ2) is 10.4. The summed E-state index contributed by atoms with van der Waals surface area (Å²) in [6.45, 7) is 6.55. The van der Waals surface area contributed by atoms with Gasteiger partial charge in [-0.25, -0.2) is 0 Å². The van der Waals surface area contributed by atoms with Gasteiger partial charge in [0.15, 0.2) is 10.6 Å². The van der Waals surface area contributed by atoms with Gasteiger partial charge in [-0.2, -0.15) is 0 Å². The average molecular weight is 459 g/mol. The Kier molecular flexibility index (Phi) is 7.93. The maximum absolute atomic E-state index is 13.5. The van der Waals surface area contributed by atoms with Crippen molar-refractivity contribution in [2.75, 3.05) is 6.61 Å². The number of hydrogen-bond acceptors (Lipinski definition) is 3. The van der Waals surface area contributed by atoms with Crippen molar-refractivity contribution < 1.29 is 9.53 Å². The summed E-state index contributed by atoms with van der Waals surface area (Å²) in [5.74, 6) is -0.349. The van der Waals surface area contributed by atoms with Crippen LogP contribution in [0.4, 0.5) is 0 Å². The first kappa shape index (κ1) is 23.5. The van der Waals surface area contributed by atoms with Crippen LogP contribution in [0.3, 0.4) is 0 Å². The Morgan fingerprint density at radius 1 is 1.06 bits per heavy atom. The minimum absolute atomic E-state index is 0.349. The van der Waals surface area contributed by atoms with Gasteiger partial charge in [-0.3, -0.25) is 9.78 Å². The number of para-hydroxylation sites is 1. The van der Waals surface area contributed by atoms with Crippen molar-refractivity contribution in [3.63, 3.8) is 0 Å². The number of ether oxygens (including phenoxy) is 1. The van der Waals surface area contributed by atoms with Crippen molar-refractivity contribution in [2.45, 2.75) is 50.6 Å². The van der Waals surface area contributed by atoms with E-state index in [9.17, 15) is 4.79 Å². The number of carbonyl (C=O) groups excluding carboxylic acids is 1. The lowest BCUT2D eigenvalue weighted by molar-refractivity contribution is 0.0591. The molecule has 0 radical (unpaired) electrons. The Morgan fingerprint density at radius 3 is 2.35 bits per heavy atom. The molecule has 2 aromatic carbocycles. The number of rotatable bonds is 9. The number of aromatic nitrogens is 1. The van der Waals surface area contributed by atoms with E-state index in [1.54, 1.807) is 12.3 Å². The van der Waals surface area contributed by atoms with Gasteiger partial charge in [-0.15, -0.1) is 0 Å². The number of benzene rings is 2. The molecule has 0 bridgehead atoms. The smallest absolute Gasteiger partial charge is 0.255 e. The molecule has 0 saturated carbocycles. The van der Waals surface area contributed by atoms with Crippen LogP contribution in [0.1, 0.15) is 54.2 Å². The third-order valence-corrected chi connectivity index (χ3v) is 6.36. The highest BCUT2D eigenvalue weighted by Crippen LogP contribution is 2.39. The van der Waals surface area contributed by atoms with Crippen molar-refractivity contribution >= 4 is 40.0 Å². The summed E-state index contributed by atoms with van der Waals surface area (Å²) < 4.78 is 5.84. The third-order valence-electron chi connectivity index (χ3n) is 5.32.